The lowest BCUT2D eigenvalue weighted by atomic mass is 9.96. The van der Waals surface area contributed by atoms with Gasteiger partial charge >= 0.3 is 0 Å². The Bertz CT molecular complexity index is 419. The minimum absolute atomic E-state index is 0.812. The first-order valence-electron chi connectivity index (χ1n) is 7.09. The van der Waals surface area contributed by atoms with E-state index in [0.29, 0.717) is 0 Å². The van der Waals surface area contributed by atoms with Crippen LogP contribution in [0.5, 0.6) is 0 Å². The smallest absolute Gasteiger partial charge is 0.101 e. The van der Waals surface area contributed by atoms with Gasteiger partial charge in [-0.05, 0) is 37.3 Å². The van der Waals surface area contributed by atoms with E-state index in [2.05, 4.69) is 24.0 Å². The maximum atomic E-state index is 9.18. The van der Waals surface area contributed by atoms with Crippen LogP contribution in [0.2, 0.25) is 0 Å². The minimum Gasteiger partial charge on any atom is -0.370 e. The van der Waals surface area contributed by atoms with E-state index in [9.17, 15) is 5.26 Å². The molecule has 1 aliphatic rings. The number of hydrogen-bond donors (Lipinski definition) is 0. The van der Waals surface area contributed by atoms with Gasteiger partial charge in [-0.3, -0.25) is 0 Å². The van der Waals surface area contributed by atoms with Gasteiger partial charge in [0.2, 0.25) is 0 Å². The summed E-state index contributed by atoms with van der Waals surface area (Å²) in [4.78, 5) is 2.40. The van der Waals surface area contributed by atoms with Gasteiger partial charge in [-0.25, -0.2) is 0 Å². The highest BCUT2D eigenvalue weighted by molar-refractivity contribution is 5.59. The summed E-state index contributed by atoms with van der Waals surface area (Å²) >= 11 is 0. The van der Waals surface area contributed by atoms with Gasteiger partial charge in [0, 0.05) is 13.1 Å². The Balaban J connectivity index is 2.08. The fourth-order valence-corrected chi connectivity index (χ4v) is 2.95. The van der Waals surface area contributed by atoms with Crippen molar-refractivity contribution >= 4 is 5.69 Å². The van der Waals surface area contributed by atoms with Crippen molar-refractivity contribution in [3.8, 4) is 6.07 Å². The summed E-state index contributed by atoms with van der Waals surface area (Å²) < 4.78 is 0. The molecule has 18 heavy (non-hydrogen) atoms. The first kappa shape index (κ1) is 13.0. The maximum absolute atomic E-state index is 9.18. The van der Waals surface area contributed by atoms with Gasteiger partial charge in [0.05, 0.1) is 11.3 Å². The first-order chi connectivity index (χ1) is 8.85. The molecule has 1 aromatic rings. The van der Waals surface area contributed by atoms with E-state index in [4.69, 9.17) is 0 Å². The zero-order chi connectivity index (χ0) is 12.8. The standard InChI is InChI=1S/C16H22N2/c1-2-6-14-7-5-11-18(12-10-14)16-9-4-3-8-15(16)13-17/h3-4,8-9,14H,2,5-7,10-12H2,1H3. The summed E-state index contributed by atoms with van der Waals surface area (Å²) in [5.41, 5.74) is 1.93. The quantitative estimate of drug-likeness (QED) is 0.802. The Kier molecular flexibility index (Phi) is 4.64. The third-order valence-electron chi connectivity index (χ3n) is 3.91. The molecule has 1 aliphatic heterocycles. The van der Waals surface area contributed by atoms with Crippen LogP contribution in [0.4, 0.5) is 5.69 Å². The van der Waals surface area contributed by atoms with Crippen molar-refractivity contribution in [1.82, 2.24) is 0 Å². The second-order valence-electron chi connectivity index (χ2n) is 5.20. The Morgan fingerprint density at radius 1 is 1.28 bits per heavy atom. The van der Waals surface area contributed by atoms with Crippen LogP contribution in [0.1, 0.15) is 44.6 Å². The molecule has 0 amide bonds. The summed E-state index contributed by atoms with van der Waals surface area (Å²) in [6.45, 7) is 4.47. The molecule has 0 bridgehead atoms. The van der Waals surface area contributed by atoms with Crippen LogP contribution in [0.15, 0.2) is 24.3 Å². The van der Waals surface area contributed by atoms with Crippen molar-refractivity contribution in [2.45, 2.75) is 39.0 Å². The third-order valence-corrected chi connectivity index (χ3v) is 3.91. The van der Waals surface area contributed by atoms with Gasteiger partial charge in [-0.15, -0.1) is 0 Å². The van der Waals surface area contributed by atoms with E-state index in [1.54, 1.807) is 0 Å². The minimum atomic E-state index is 0.812. The summed E-state index contributed by atoms with van der Waals surface area (Å²) in [5.74, 6) is 0.884. The topological polar surface area (TPSA) is 27.0 Å². The van der Waals surface area contributed by atoms with Crippen LogP contribution < -0.4 is 4.90 Å². The Morgan fingerprint density at radius 2 is 2.11 bits per heavy atom. The van der Waals surface area contributed by atoms with E-state index in [0.717, 1.165) is 30.3 Å². The van der Waals surface area contributed by atoms with Crippen molar-refractivity contribution in [3.05, 3.63) is 29.8 Å². The van der Waals surface area contributed by atoms with Crippen LogP contribution >= 0.6 is 0 Å². The van der Waals surface area contributed by atoms with Crippen LogP contribution in [-0.2, 0) is 0 Å². The van der Waals surface area contributed by atoms with E-state index in [1.807, 2.05) is 18.2 Å². The van der Waals surface area contributed by atoms with E-state index in [1.165, 1.54) is 32.1 Å². The molecule has 0 spiro atoms. The lowest BCUT2D eigenvalue weighted by Gasteiger charge is -2.23. The molecule has 0 radical (unpaired) electrons. The van der Waals surface area contributed by atoms with Crippen molar-refractivity contribution in [3.63, 3.8) is 0 Å². The van der Waals surface area contributed by atoms with Crippen molar-refractivity contribution in [1.29, 1.82) is 5.26 Å². The van der Waals surface area contributed by atoms with Crippen molar-refractivity contribution < 1.29 is 0 Å². The molecule has 2 heteroatoms. The molecular formula is C16H22N2. The number of benzene rings is 1. The van der Waals surface area contributed by atoms with Crippen molar-refractivity contribution in [2.24, 2.45) is 5.92 Å². The van der Waals surface area contributed by atoms with Gasteiger partial charge in [0.25, 0.3) is 0 Å². The number of rotatable bonds is 3. The molecule has 1 saturated heterocycles. The number of nitrogens with zero attached hydrogens (tertiary/aromatic N) is 2. The molecule has 2 rings (SSSR count). The lowest BCUT2D eigenvalue weighted by Crippen LogP contribution is -2.25. The number of nitriles is 1. The molecule has 0 aliphatic carbocycles. The normalized spacial score (nSPS) is 20.2. The summed E-state index contributed by atoms with van der Waals surface area (Å²) in [5, 5.41) is 9.18. The maximum Gasteiger partial charge on any atom is 0.101 e. The molecule has 1 heterocycles. The van der Waals surface area contributed by atoms with Crippen LogP contribution in [-0.4, -0.2) is 13.1 Å². The van der Waals surface area contributed by atoms with Gasteiger partial charge < -0.3 is 4.90 Å². The lowest BCUT2D eigenvalue weighted by molar-refractivity contribution is 0.435. The molecule has 0 aromatic heterocycles. The van der Waals surface area contributed by atoms with Crippen LogP contribution in [0.25, 0.3) is 0 Å². The Labute approximate surface area is 110 Å². The number of para-hydroxylation sites is 1. The third kappa shape index (κ3) is 3.04. The molecular weight excluding hydrogens is 220 g/mol. The van der Waals surface area contributed by atoms with E-state index in [-0.39, 0.29) is 0 Å². The highest BCUT2D eigenvalue weighted by Gasteiger charge is 2.18. The monoisotopic (exact) mass is 242 g/mol. The average molecular weight is 242 g/mol. The summed E-state index contributed by atoms with van der Waals surface area (Å²) in [6, 6.07) is 10.3. The molecule has 1 unspecified atom stereocenters. The predicted octanol–water partition coefficient (Wildman–Crippen LogP) is 3.96. The van der Waals surface area contributed by atoms with Gasteiger partial charge in [-0.2, -0.15) is 5.26 Å². The number of hydrogen-bond acceptors (Lipinski definition) is 2. The highest BCUT2D eigenvalue weighted by Crippen LogP contribution is 2.27. The zero-order valence-corrected chi connectivity index (χ0v) is 11.2. The molecule has 0 saturated carbocycles. The fourth-order valence-electron chi connectivity index (χ4n) is 2.95. The van der Waals surface area contributed by atoms with E-state index < -0.39 is 0 Å². The van der Waals surface area contributed by atoms with Crippen molar-refractivity contribution in [2.75, 3.05) is 18.0 Å². The second kappa shape index (κ2) is 6.44. The molecule has 1 fully saturated rings. The van der Waals surface area contributed by atoms with Gasteiger partial charge in [-0.1, -0.05) is 31.9 Å². The van der Waals surface area contributed by atoms with Crippen LogP contribution in [0.3, 0.4) is 0 Å². The molecule has 96 valence electrons. The molecule has 1 aromatic carbocycles. The summed E-state index contributed by atoms with van der Waals surface area (Å²) in [7, 11) is 0. The first-order valence-corrected chi connectivity index (χ1v) is 7.09. The Hall–Kier alpha value is -1.49. The van der Waals surface area contributed by atoms with Gasteiger partial charge in [0.1, 0.15) is 6.07 Å². The van der Waals surface area contributed by atoms with Gasteiger partial charge in [0.15, 0.2) is 0 Å². The average Bonchev–Trinajstić information content (AvgIpc) is 2.65. The molecule has 1 atom stereocenters. The highest BCUT2D eigenvalue weighted by atomic mass is 15.1. The second-order valence-corrected chi connectivity index (χ2v) is 5.20. The molecule has 0 N–H and O–H groups in total. The van der Waals surface area contributed by atoms with Crippen LogP contribution in [0, 0.1) is 17.2 Å². The molecule has 2 nitrogen and oxygen atoms in total. The Morgan fingerprint density at radius 3 is 2.89 bits per heavy atom. The SMILES string of the molecule is CCCC1CCCN(c2ccccc2C#N)CC1. The fraction of sp³-hybridized carbons (Fsp3) is 0.562. The number of anilines is 1. The van der Waals surface area contributed by atoms with E-state index >= 15 is 0 Å². The largest absolute Gasteiger partial charge is 0.370 e. The summed E-state index contributed by atoms with van der Waals surface area (Å²) in [6.07, 6.45) is 6.52. The zero-order valence-electron chi connectivity index (χ0n) is 11.2. The predicted molar refractivity (Wildman–Crippen MR) is 75.6 cm³/mol.